The van der Waals surface area contributed by atoms with Crippen molar-refractivity contribution >= 4 is 40.4 Å². The average molecular weight is 498 g/mol. The molecule has 4 aromatic rings. The third-order valence-electron chi connectivity index (χ3n) is 7.19. The number of amides is 1. The molecule has 9 nitrogen and oxygen atoms in total. The van der Waals surface area contributed by atoms with Gasteiger partial charge in [0.15, 0.2) is 11.5 Å². The van der Waals surface area contributed by atoms with Gasteiger partial charge in [0.25, 0.3) is 5.91 Å². The van der Waals surface area contributed by atoms with Crippen LogP contribution in [0.25, 0.3) is 33.6 Å². The monoisotopic (exact) mass is 497 g/mol. The Hall–Kier alpha value is -3.04. The molecule has 2 fully saturated rings. The molecule has 1 amide bonds. The van der Waals surface area contributed by atoms with E-state index in [0.717, 1.165) is 59.5 Å². The van der Waals surface area contributed by atoms with Crippen LogP contribution in [0.1, 0.15) is 36.0 Å². The number of rotatable bonds is 5. The fourth-order valence-corrected chi connectivity index (χ4v) is 5.27. The van der Waals surface area contributed by atoms with Gasteiger partial charge in [-0.3, -0.25) is 9.48 Å². The van der Waals surface area contributed by atoms with E-state index < -0.39 is 0 Å². The summed E-state index contributed by atoms with van der Waals surface area (Å²) in [6.07, 6.45) is 6.45. The highest BCUT2D eigenvalue weighted by Gasteiger charge is 2.28. The number of methoxy groups -OCH3 is 1. The molecule has 0 bridgehead atoms. The summed E-state index contributed by atoms with van der Waals surface area (Å²) in [5, 5.41) is 5.82. The Balaban J connectivity index is 0.00000253. The van der Waals surface area contributed by atoms with Gasteiger partial charge in [-0.25, -0.2) is 4.98 Å². The van der Waals surface area contributed by atoms with Crippen LogP contribution in [0.4, 0.5) is 0 Å². The third kappa shape index (κ3) is 4.06. The molecule has 4 heterocycles. The largest absolute Gasteiger partial charge is 0.494 e. The maximum Gasteiger partial charge on any atom is 0.254 e. The lowest BCUT2D eigenvalue weighted by Crippen LogP contribution is -2.45. The quantitative estimate of drug-likeness (QED) is 0.456. The second kappa shape index (κ2) is 8.87. The minimum atomic E-state index is -0.0184. The molecule has 0 spiro atoms. The van der Waals surface area contributed by atoms with E-state index in [1.807, 2.05) is 42.0 Å². The van der Waals surface area contributed by atoms with Crippen LogP contribution in [0.2, 0.25) is 0 Å². The Morgan fingerprint density at radius 1 is 1.20 bits per heavy atom. The second-order valence-electron chi connectivity index (χ2n) is 9.86. The lowest BCUT2D eigenvalue weighted by molar-refractivity contribution is 0.0708. The fourth-order valence-electron chi connectivity index (χ4n) is 5.27. The first-order valence-corrected chi connectivity index (χ1v) is 12.1. The van der Waals surface area contributed by atoms with Crippen molar-refractivity contribution < 1.29 is 9.53 Å². The standard InChI is InChI=1S/C25H31N7O2.ClH/c1-29-13-17-10-20(32(23(17)28-29)12-15-6-7-15)24-27-19-9-16(11-21(34-3)22(19)30(24)2)25(33)31-8-4-5-18(26)14-31;/h9-11,13,15,18H,4-8,12,14,26H2,1-3H3;1H. The molecule has 3 aromatic heterocycles. The lowest BCUT2D eigenvalue weighted by Gasteiger charge is -2.30. The van der Waals surface area contributed by atoms with Crippen LogP contribution < -0.4 is 10.5 Å². The molecule has 1 atom stereocenters. The van der Waals surface area contributed by atoms with Crippen molar-refractivity contribution in [2.24, 2.45) is 25.7 Å². The number of likely N-dealkylation sites (tertiary alicyclic amines) is 1. The summed E-state index contributed by atoms with van der Waals surface area (Å²) in [4.78, 5) is 20.1. The highest BCUT2D eigenvalue weighted by Crippen LogP contribution is 2.37. The Bertz CT molecular complexity index is 1410. The summed E-state index contributed by atoms with van der Waals surface area (Å²) >= 11 is 0. The summed E-state index contributed by atoms with van der Waals surface area (Å²) in [6.45, 7) is 2.26. The number of piperidine rings is 1. The smallest absolute Gasteiger partial charge is 0.254 e. The van der Waals surface area contributed by atoms with E-state index in [9.17, 15) is 4.79 Å². The number of carbonyl (C=O) groups is 1. The summed E-state index contributed by atoms with van der Waals surface area (Å²) in [6, 6.07) is 5.92. The van der Waals surface area contributed by atoms with Crippen molar-refractivity contribution in [3.05, 3.63) is 30.0 Å². The number of carbonyl (C=O) groups excluding carboxylic acids is 1. The number of ether oxygens (including phenoxy) is 1. The summed E-state index contributed by atoms with van der Waals surface area (Å²) in [7, 11) is 5.60. The van der Waals surface area contributed by atoms with Crippen molar-refractivity contribution in [2.75, 3.05) is 20.2 Å². The molecule has 2 N–H and O–H groups in total. The van der Waals surface area contributed by atoms with E-state index in [4.69, 9.17) is 20.6 Å². The van der Waals surface area contributed by atoms with Crippen LogP contribution in [0, 0.1) is 5.92 Å². The molecule has 1 aliphatic carbocycles. The van der Waals surface area contributed by atoms with Gasteiger partial charge in [-0.05, 0) is 49.8 Å². The van der Waals surface area contributed by atoms with Gasteiger partial charge in [0, 0.05) is 56.9 Å². The van der Waals surface area contributed by atoms with Crippen LogP contribution in [0.3, 0.4) is 0 Å². The van der Waals surface area contributed by atoms with Crippen LogP contribution in [0.15, 0.2) is 24.4 Å². The predicted octanol–water partition coefficient (Wildman–Crippen LogP) is 3.33. The molecular formula is C25H32ClN7O2. The Labute approximate surface area is 210 Å². The van der Waals surface area contributed by atoms with Gasteiger partial charge in [-0.15, -0.1) is 12.4 Å². The van der Waals surface area contributed by atoms with Crippen molar-refractivity contribution in [1.29, 1.82) is 0 Å². The van der Waals surface area contributed by atoms with Gasteiger partial charge >= 0.3 is 0 Å². The van der Waals surface area contributed by atoms with E-state index in [0.29, 0.717) is 23.8 Å². The second-order valence-corrected chi connectivity index (χ2v) is 9.86. The molecule has 6 rings (SSSR count). The normalized spacial score (nSPS) is 18.3. The summed E-state index contributed by atoms with van der Waals surface area (Å²) < 4.78 is 12.0. The number of aromatic nitrogens is 5. The number of hydrogen-bond donors (Lipinski definition) is 1. The Morgan fingerprint density at radius 3 is 2.71 bits per heavy atom. The molecule has 1 saturated heterocycles. The molecule has 1 unspecified atom stereocenters. The fraction of sp³-hybridized carbons (Fsp3) is 0.480. The highest BCUT2D eigenvalue weighted by atomic mass is 35.5. The van der Waals surface area contributed by atoms with Gasteiger partial charge in [-0.1, -0.05) is 0 Å². The molecular weight excluding hydrogens is 466 g/mol. The van der Waals surface area contributed by atoms with E-state index in [1.54, 1.807) is 7.11 Å². The number of nitrogens with zero attached hydrogens (tertiary/aromatic N) is 6. The number of nitrogens with two attached hydrogens (primary N) is 1. The van der Waals surface area contributed by atoms with Gasteiger partial charge in [0.05, 0.1) is 18.3 Å². The minimum Gasteiger partial charge on any atom is -0.494 e. The van der Waals surface area contributed by atoms with Crippen LogP contribution in [0.5, 0.6) is 5.75 Å². The molecule has 1 aliphatic heterocycles. The van der Waals surface area contributed by atoms with Gasteiger partial charge < -0.3 is 24.5 Å². The zero-order valence-electron chi connectivity index (χ0n) is 20.4. The molecule has 10 heteroatoms. The molecule has 0 radical (unpaired) electrons. The zero-order chi connectivity index (χ0) is 23.6. The third-order valence-corrected chi connectivity index (χ3v) is 7.19. The molecule has 2 aliphatic rings. The zero-order valence-corrected chi connectivity index (χ0v) is 21.2. The Kier molecular flexibility index (Phi) is 6.01. The topological polar surface area (TPSA) is 96.1 Å². The minimum absolute atomic E-state index is 0. The van der Waals surface area contributed by atoms with Crippen molar-refractivity contribution in [1.82, 2.24) is 28.8 Å². The number of fused-ring (bicyclic) bond motifs is 2. The first-order chi connectivity index (χ1) is 16.4. The Morgan fingerprint density at radius 2 is 2.00 bits per heavy atom. The molecule has 1 aromatic carbocycles. The highest BCUT2D eigenvalue weighted by molar-refractivity contribution is 6.00. The predicted molar refractivity (Wildman–Crippen MR) is 138 cm³/mol. The maximum absolute atomic E-state index is 13.3. The van der Waals surface area contributed by atoms with E-state index in [-0.39, 0.29) is 24.4 Å². The van der Waals surface area contributed by atoms with E-state index in [2.05, 4.69) is 15.2 Å². The number of halogens is 1. The van der Waals surface area contributed by atoms with Crippen LogP contribution in [-0.2, 0) is 20.6 Å². The van der Waals surface area contributed by atoms with E-state index >= 15 is 0 Å². The molecule has 1 saturated carbocycles. The van der Waals surface area contributed by atoms with Crippen molar-refractivity contribution in [3.8, 4) is 17.3 Å². The van der Waals surface area contributed by atoms with Gasteiger partial charge in [0.1, 0.15) is 11.3 Å². The van der Waals surface area contributed by atoms with E-state index in [1.165, 1.54) is 12.8 Å². The van der Waals surface area contributed by atoms with Gasteiger partial charge in [0.2, 0.25) is 0 Å². The number of aryl methyl sites for hydroxylation is 2. The van der Waals surface area contributed by atoms with Crippen LogP contribution >= 0.6 is 12.4 Å². The van der Waals surface area contributed by atoms with Crippen molar-refractivity contribution in [2.45, 2.75) is 38.3 Å². The maximum atomic E-state index is 13.3. The number of benzene rings is 1. The average Bonchev–Trinajstić information content (AvgIpc) is 3.38. The first-order valence-electron chi connectivity index (χ1n) is 12.1. The SMILES string of the molecule is COc1cc(C(=O)N2CCCC(N)C2)cc2nc(-c3cc4cn(C)nc4n3CC3CC3)n(C)c12.Cl. The number of imidazole rings is 1. The number of hydrogen-bond acceptors (Lipinski definition) is 5. The first kappa shape index (κ1) is 23.7. The molecule has 35 heavy (non-hydrogen) atoms. The summed E-state index contributed by atoms with van der Waals surface area (Å²) in [5.74, 6) is 2.17. The van der Waals surface area contributed by atoms with Crippen molar-refractivity contribution in [3.63, 3.8) is 0 Å². The summed E-state index contributed by atoms with van der Waals surface area (Å²) in [5.41, 5.74) is 10.4. The lowest BCUT2D eigenvalue weighted by atomic mass is 10.0. The van der Waals surface area contributed by atoms with Gasteiger partial charge in [-0.2, -0.15) is 5.10 Å². The van der Waals surface area contributed by atoms with Crippen LogP contribution in [-0.4, -0.2) is 60.9 Å². The molecule has 186 valence electrons.